The molecule has 0 aliphatic carbocycles. The lowest BCUT2D eigenvalue weighted by Crippen LogP contribution is -2.21. The van der Waals surface area contributed by atoms with E-state index >= 15 is 0 Å². The second kappa shape index (κ2) is 5.65. The van der Waals surface area contributed by atoms with Gasteiger partial charge in [0.05, 0.1) is 12.2 Å². The highest BCUT2D eigenvalue weighted by atomic mass is 32.1. The zero-order valence-corrected chi connectivity index (χ0v) is 12.7. The van der Waals surface area contributed by atoms with Crippen LogP contribution in [0.4, 0.5) is 5.13 Å². The first-order chi connectivity index (χ1) is 10.2. The van der Waals surface area contributed by atoms with E-state index in [0.29, 0.717) is 12.1 Å². The summed E-state index contributed by atoms with van der Waals surface area (Å²) in [6.07, 6.45) is 4.54. The Balaban J connectivity index is 1.86. The molecule has 3 aromatic rings. The maximum Gasteiger partial charge on any atom is 0.276 e. The van der Waals surface area contributed by atoms with E-state index < -0.39 is 0 Å². The van der Waals surface area contributed by atoms with Crippen molar-refractivity contribution in [1.29, 1.82) is 0 Å². The summed E-state index contributed by atoms with van der Waals surface area (Å²) in [5.74, 6) is 0. The Morgan fingerprint density at radius 3 is 3.00 bits per heavy atom. The van der Waals surface area contributed by atoms with Crippen LogP contribution in [0.2, 0.25) is 0 Å². The van der Waals surface area contributed by atoms with Crippen LogP contribution in [0.25, 0.3) is 5.52 Å². The number of aromatic nitrogens is 5. The van der Waals surface area contributed by atoms with Crippen molar-refractivity contribution in [3.63, 3.8) is 0 Å². The van der Waals surface area contributed by atoms with Gasteiger partial charge in [-0.15, -0.1) is 10.2 Å². The van der Waals surface area contributed by atoms with Crippen molar-refractivity contribution in [3.05, 3.63) is 39.5 Å². The molecule has 0 fully saturated rings. The third-order valence-electron chi connectivity index (χ3n) is 3.02. The summed E-state index contributed by atoms with van der Waals surface area (Å²) >= 11 is 1.47. The molecule has 0 aromatic carbocycles. The van der Waals surface area contributed by atoms with Gasteiger partial charge in [-0.2, -0.15) is 5.10 Å². The zero-order valence-electron chi connectivity index (χ0n) is 11.9. The van der Waals surface area contributed by atoms with Gasteiger partial charge >= 0.3 is 0 Å². The molecule has 3 heterocycles. The topological polar surface area (TPSA) is 77.1 Å². The number of hydrogen-bond donors (Lipinski definition) is 1. The fraction of sp³-hybridized carbons (Fsp3) is 0.385. The molecule has 8 heteroatoms. The summed E-state index contributed by atoms with van der Waals surface area (Å²) in [7, 11) is 0. The molecule has 0 saturated carbocycles. The number of aryl methyl sites for hydroxylation is 1. The van der Waals surface area contributed by atoms with Crippen molar-refractivity contribution in [2.24, 2.45) is 0 Å². The number of nitrogens with zero attached hydrogens (tertiary/aromatic N) is 5. The molecule has 3 aromatic heterocycles. The van der Waals surface area contributed by atoms with Gasteiger partial charge in [0.2, 0.25) is 5.13 Å². The Labute approximate surface area is 125 Å². The lowest BCUT2D eigenvalue weighted by molar-refractivity contribution is 0.729. The predicted octanol–water partition coefficient (Wildman–Crippen LogP) is 1.53. The van der Waals surface area contributed by atoms with Gasteiger partial charge in [0.25, 0.3) is 5.56 Å². The minimum Gasteiger partial charge on any atom is -0.360 e. The minimum atomic E-state index is -0.0728. The largest absolute Gasteiger partial charge is 0.360 e. The molecule has 0 bridgehead atoms. The molecule has 0 aliphatic heterocycles. The normalized spacial score (nSPS) is 11.1. The second-order valence-electron chi connectivity index (χ2n) is 4.77. The van der Waals surface area contributed by atoms with Crippen molar-refractivity contribution in [2.45, 2.75) is 26.8 Å². The molecule has 0 amide bonds. The van der Waals surface area contributed by atoms with E-state index in [-0.39, 0.29) is 5.56 Å². The standard InChI is InChI=1S/C13H16N6OS/c1-3-4-14-13-16-15-11(21-13)8-18-5-6-19-10(12(18)20)7-9(2)17-19/h5-7H,3-4,8H2,1-2H3,(H,14,16). The summed E-state index contributed by atoms with van der Waals surface area (Å²) in [5, 5.41) is 17.2. The molecule has 3 rings (SSSR count). The van der Waals surface area contributed by atoms with Gasteiger partial charge in [-0.25, -0.2) is 4.52 Å². The Morgan fingerprint density at radius 2 is 2.19 bits per heavy atom. The predicted molar refractivity (Wildman–Crippen MR) is 82.0 cm³/mol. The van der Waals surface area contributed by atoms with Gasteiger partial charge in [-0.1, -0.05) is 18.3 Å². The maximum atomic E-state index is 12.4. The highest BCUT2D eigenvalue weighted by Crippen LogP contribution is 2.15. The second-order valence-corrected chi connectivity index (χ2v) is 5.84. The first kappa shape index (κ1) is 13.7. The molecule has 7 nitrogen and oxygen atoms in total. The molecule has 0 spiro atoms. The lowest BCUT2D eigenvalue weighted by atomic mass is 10.4. The van der Waals surface area contributed by atoms with Crippen LogP contribution in [0.1, 0.15) is 24.0 Å². The van der Waals surface area contributed by atoms with Crippen LogP contribution >= 0.6 is 11.3 Å². The average molecular weight is 304 g/mol. The van der Waals surface area contributed by atoms with Crippen LogP contribution in [0, 0.1) is 6.92 Å². The minimum absolute atomic E-state index is 0.0728. The van der Waals surface area contributed by atoms with E-state index in [1.165, 1.54) is 11.3 Å². The van der Waals surface area contributed by atoms with E-state index in [9.17, 15) is 4.79 Å². The van der Waals surface area contributed by atoms with Crippen molar-refractivity contribution in [3.8, 4) is 0 Å². The van der Waals surface area contributed by atoms with Crippen LogP contribution < -0.4 is 10.9 Å². The lowest BCUT2D eigenvalue weighted by Gasteiger charge is -2.02. The van der Waals surface area contributed by atoms with E-state index in [2.05, 4.69) is 27.5 Å². The molecular weight excluding hydrogens is 288 g/mol. The molecule has 21 heavy (non-hydrogen) atoms. The zero-order chi connectivity index (χ0) is 14.8. The number of fused-ring (bicyclic) bond motifs is 1. The quantitative estimate of drug-likeness (QED) is 0.773. The molecule has 0 radical (unpaired) electrons. The summed E-state index contributed by atoms with van der Waals surface area (Å²) in [6, 6.07) is 1.78. The number of anilines is 1. The highest BCUT2D eigenvalue weighted by Gasteiger charge is 2.09. The summed E-state index contributed by atoms with van der Waals surface area (Å²) in [5.41, 5.74) is 1.33. The maximum absolute atomic E-state index is 12.4. The van der Waals surface area contributed by atoms with Crippen molar-refractivity contribution in [2.75, 3.05) is 11.9 Å². The highest BCUT2D eigenvalue weighted by molar-refractivity contribution is 7.15. The summed E-state index contributed by atoms with van der Waals surface area (Å²) in [6.45, 7) is 5.26. The molecule has 110 valence electrons. The van der Waals surface area contributed by atoms with Crippen LogP contribution in [-0.4, -0.2) is 30.9 Å². The Morgan fingerprint density at radius 1 is 1.33 bits per heavy atom. The van der Waals surface area contributed by atoms with E-state index in [4.69, 9.17) is 0 Å². The van der Waals surface area contributed by atoms with Gasteiger partial charge in [0.1, 0.15) is 10.5 Å². The van der Waals surface area contributed by atoms with E-state index in [1.54, 1.807) is 27.5 Å². The van der Waals surface area contributed by atoms with Crippen LogP contribution in [0.3, 0.4) is 0 Å². The first-order valence-electron chi connectivity index (χ1n) is 6.79. The van der Waals surface area contributed by atoms with Crippen molar-refractivity contribution < 1.29 is 0 Å². The van der Waals surface area contributed by atoms with E-state index in [0.717, 1.165) is 28.8 Å². The fourth-order valence-electron chi connectivity index (χ4n) is 2.04. The number of nitrogens with one attached hydrogen (secondary N) is 1. The van der Waals surface area contributed by atoms with Gasteiger partial charge < -0.3 is 9.88 Å². The Kier molecular flexibility index (Phi) is 3.70. The third-order valence-corrected chi connectivity index (χ3v) is 3.89. The fourth-order valence-corrected chi connectivity index (χ4v) is 2.80. The smallest absolute Gasteiger partial charge is 0.276 e. The van der Waals surface area contributed by atoms with Gasteiger partial charge in [0.15, 0.2) is 0 Å². The van der Waals surface area contributed by atoms with Crippen molar-refractivity contribution in [1.82, 2.24) is 24.4 Å². The SMILES string of the molecule is CCCNc1nnc(Cn2ccn3nc(C)cc3c2=O)s1. The van der Waals surface area contributed by atoms with Crippen LogP contribution in [0.5, 0.6) is 0 Å². The molecular formula is C13H16N6OS. The van der Waals surface area contributed by atoms with Gasteiger partial charge in [-0.05, 0) is 19.4 Å². The molecule has 0 atom stereocenters. The molecule has 0 saturated heterocycles. The van der Waals surface area contributed by atoms with Crippen LogP contribution in [-0.2, 0) is 6.54 Å². The first-order valence-corrected chi connectivity index (χ1v) is 7.60. The van der Waals surface area contributed by atoms with E-state index in [1.807, 2.05) is 6.92 Å². The summed E-state index contributed by atoms with van der Waals surface area (Å²) in [4.78, 5) is 12.4. The Bertz CT molecular complexity index is 818. The molecule has 0 aliphatic rings. The monoisotopic (exact) mass is 304 g/mol. The summed E-state index contributed by atoms with van der Waals surface area (Å²) < 4.78 is 3.23. The average Bonchev–Trinajstić information content (AvgIpc) is 3.06. The number of hydrogen-bond acceptors (Lipinski definition) is 6. The number of rotatable bonds is 5. The third kappa shape index (κ3) is 2.80. The Hall–Kier alpha value is -2.22. The molecule has 1 N–H and O–H groups in total. The van der Waals surface area contributed by atoms with Gasteiger partial charge in [-0.3, -0.25) is 4.79 Å². The van der Waals surface area contributed by atoms with Gasteiger partial charge in [0, 0.05) is 18.9 Å². The molecule has 0 unspecified atom stereocenters. The van der Waals surface area contributed by atoms with Crippen LogP contribution in [0.15, 0.2) is 23.3 Å². The van der Waals surface area contributed by atoms with Crippen molar-refractivity contribution >= 4 is 22.0 Å².